The summed E-state index contributed by atoms with van der Waals surface area (Å²) in [5.41, 5.74) is 0.609. The molecule has 2 rings (SSSR count). The molecule has 0 heterocycles. The van der Waals surface area contributed by atoms with E-state index >= 15 is 0 Å². The third-order valence-corrected chi connectivity index (χ3v) is 4.67. The summed E-state index contributed by atoms with van der Waals surface area (Å²) in [4.78, 5) is 12.4. The molecule has 0 spiro atoms. The van der Waals surface area contributed by atoms with Gasteiger partial charge >= 0.3 is 0 Å². The van der Waals surface area contributed by atoms with Crippen molar-refractivity contribution in [2.45, 2.75) is 39.2 Å². The minimum absolute atomic E-state index is 0.0399. The molecule has 1 aromatic carbocycles. The lowest BCUT2D eigenvalue weighted by Gasteiger charge is -2.34. The van der Waals surface area contributed by atoms with E-state index in [0.717, 1.165) is 6.42 Å². The first-order valence-electron chi connectivity index (χ1n) is 7.59. The fourth-order valence-electron chi connectivity index (χ4n) is 3.01. The lowest BCUT2D eigenvalue weighted by molar-refractivity contribution is 0.0890. The summed E-state index contributed by atoms with van der Waals surface area (Å²) in [6.45, 7) is 4.49. The first-order valence-corrected chi connectivity index (χ1v) is 7.59. The van der Waals surface area contributed by atoms with E-state index in [1.54, 1.807) is 32.4 Å². The van der Waals surface area contributed by atoms with E-state index in [1.165, 1.54) is 12.8 Å². The van der Waals surface area contributed by atoms with Crippen LogP contribution in [0.3, 0.4) is 0 Å². The van der Waals surface area contributed by atoms with E-state index in [2.05, 4.69) is 19.2 Å². The molecule has 4 nitrogen and oxygen atoms in total. The molecular weight excluding hydrogens is 266 g/mol. The summed E-state index contributed by atoms with van der Waals surface area (Å²) < 4.78 is 10.4. The molecule has 116 valence electrons. The van der Waals surface area contributed by atoms with Gasteiger partial charge in [-0.1, -0.05) is 26.7 Å². The Morgan fingerprint density at radius 2 is 1.86 bits per heavy atom. The molecule has 0 bridgehead atoms. The number of methoxy groups -OCH3 is 2. The molecule has 21 heavy (non-hydrogen) atoms. The van der Waals surface area contributed by atoms with Gasteiger partial charge in [-0.05, 0) is 36.5 Å². The van der Waals surface area contributed by atoms with Crippen molar-refractivity contribution in [2.24, 2.45) is 11.8 Å². The molecule has 1 aromatic rings. The Hall–Kier alpha value is -1.71. The molecule has 1 saturated carbocycles. The van der Waals surface area contributed by atoms with Crippen LogP contribution in [-0.2, 0) is 0 Å². The molecule has 1 aliphatic carbocycles. The third-order valence-electron chi connectivity index (χ3n) is 4.67. The summed E-state index contributed by atoms with van der Waals surface area (Å²) in [5, 5.41) is 3.17. The maximum absolute atomic E-state index is 12.4. The lowest BCUT2D eigenvalue weighted by Crippen LogP contribution is -2.43. The van der Waals surface area contributed by atoms with Crippen LogP contribution in [0, 0.1) is 11.8 Å². The fraction of sp³-hybridized carbons (Fsp3) is 0.588. The van der Waals surface area contributed by atoms with Crippen LogP contribution in [-0.4, -0.2) is 26.2 Å². The van der Waals surface area contributed by atoms with Crippen molar-refractivity contribution >= 4 is 5.91 Å². The van der Waals surface area contributed by atoms with Crippen molar-refractivity contribution in [3.05, 3.63) is 23.8 Å². The number of rotatable bonds is 4. The largest absolute Gasteiger partial charge is 0.493 e. The molecule has 1 N–H and O–H groups in total. The minimum atomic E-state index is -0.0399. The zero-order valence-corrected chi connectivity index (χ0v) is 13.3. The van der Waals surface area contributed by atoms with Crippen molar-refractivity contribution in [2.75, 3.05) is 14.2 Å². The van der Waals surface area contributed by atoms with Gasteiger partial charge in [0.25, 0.3) is 5.91 Å². The highest BCUT2D eigenvalue weighted by molar-refractivity contribution is 5.95. The summed E-state index contributed by atoms with van der Waals surface area (Å²) >= 11 is 0. The maximum Gasteiger partial charge on any atom is 0.251 e. The average molecular weight is 291 g/mol. The van der Waals surface area contributed by atoms with Crippen LogP contribution in [0.4, 0.5) is 0 Å². The van der Waals surface area contributed by atoms with E-state index in [9.17, 15) is 4.79 Å². The Labute approximate surface area is 126 Å². The number of amides is 1. The zero-order chi connectivity index (χ0) is 15.4. The Morgan fingerprint density at radius 3 is 2.52 bits per heavy atom. The highest BCUT2D eigenvalue weighted by Crippen LogP contribution is 2.30. The van der Waals surface area contributed by atoms with Crippen LogP contribution in [0.5, 0.6) is 11.5 Å². The van der Waals surface area contributed by atoms with Gasteiger partial charge in [0, 0.05) is 11.6 Å². The van der Waals surface area contributed by atoms with Crippen LogP contribution < -0.4 is 14.8 Å². The summed E-state index contributed by atoms with van der Waals surface area (Å²) in [6.07, 6.45) is 3.50. The standard InChI is InChI=1S/C17H25NO3/c1-11-6-5-7-14(12(11)2)18-17(19)13-8-9-15(20-3)16(10-13)21-4/h8-12,14H,5-7H2,1-4H3,(H,18,19)/t11-,12+,14-/m1/s1. The first-order chi connectivity index (χ1) is 10.1. The second kappa shape index (κ2) is 6.83. The number of hydrogen-bond acceptors (Lipinski definition) is 3. The van der Waals surface area contributed by atoms with Gasteiger partial charge in [0.2, 0.25) is 0 Å². The number of nitrogens with one attached hydrogen (secondary N) is 1. The molecule has 0 unspecified atom stereocenters. The number of carbonyl (C=O) groups is 1. The SMILES string of the molecule is COc1ccc(C(=O)N[C@@H]2CCC[C@@H](C)[C@@H]2C)cc1OC. The van der Waals surface area contributed by atoms with Crippen molar-refractivity contribution in [1.82, 2.24) is 5.32 Å². The Morgan fingerprint density at radius 1 is 1.14 bits per heavy atom. The van der Waals surface area contributed by atoms with Crippen molar-refractivity contribution < 1.29 is 14.3 Å². The fourth-order valence-corrected chi connectivity index (χ4v) is 3.01. The first kappa shape index (κ1) is 15.7. The molecule has 1 amide bonds. The van der Waals surface area contributed by atoms with Gasteiger partial charge in [-0.15, -0.1) is 0 Å². The van der Waals surface area contributed by atoms with E-state index in [0.29, 0.717) is 28.9 Å². The van der Waals surface area contributed by atoms with Crippen LogP contribution in [0.15, 0.2) is 18.2 Å². The van der Waals surface area contributed by atoms with E-state index in [-0.39, 0.29) is 11.9 Å². The smallest absolute Gasteiger partial charge is 0.251 e. The molecular formula is C17H25NO3. The van der Waals surface area contributed by atoms with Gasteiger partial charge < -0.3 is 14.8 Å². The number of carbonyl (C=O) groups excluding carboxylic acids is 1. The number of ether oxygens (including phenoxy) is 2. The van der Waals surface area contributed by atoms with Crippen LogP contribution in [0.2, 0.25) is 0 Å². The van der Waals surface area contributed by atoms with Gasteiger partial charge in [-0.2, -0.15) is 0 Å². The monoisotopic (exact) mass is 291 g/mol. The Balaban J connectivity index is 2.09. The number of hydrogen-bond donors (Lipinski definition) is 1. The van der Waals surface area contributed by atoms with Crippen molar-refractivity contribution in [1.29, 1.82) is 0 Å². The Bertz CT molecular complexity index is 501. The van der Waals surface area contributed by atoms with Gasteiger partial charge in [0.15, 0.2) is 11.5 Å². The predicted molar refractivity (Wildman–Crippen MR) is 83.0 cm³/mol. The summed E-state index contributed by atoms with van der Waals surface area (Å²) in [5.74, 6) is 2.35. The predicted octanol–water partition coefficient (Wildman–Crippen LogP) is 3.26. The van der Waals surface area contributed by atoms with E-state index in [4.69, 9.17) is 9.47 Å². The lowest BCUT2D eigenvalue weighted by atomic mass is 9.78. The molecule has 1 aliphatic rings. The third kappa shape index (κ3) is 3.49. The highest BCUT2D eigenvalue weighted by atomic mass is 16.5. The van der Waals surface area contributed by atoms with Crippen LogP contribution in [0.1, 0.15) is 43.5 Å². The minimum Gasteiger partial charge on any atom is -0.493 e. The maximum atomic E-state index is 12.4. The van der Waals surface area contributed by atoms with Gasteiger partial charge in [-0.25, -0.2) is 0 Å². The number of benzene rings is 1. The molecule has 0 aromatic heterocycles. The second-order valence-corrected chi connectivity index (χ2v) is 5.92. The molecule has 1 fully saturated rings. The quantitative estimate of drug-likeness (QED) is 0.926. The van der Waals surface area contributed by atoms with Crippen LogP contribution >= 0.6 is 0 Å². The van der Waals surface area contributed by atoms with Gasteiger partial charge in [0.05, 0.1) is 14.2 Å². The summed E-state index contributed by atoms with van der Waals surface area (Å²) in [6, 6.07) is 5.52. The molecule has 0 aliphatic heterocycles. The van der Waals surface area contributed by atoms with Crippen molar-refractivity contribution in [3.8, 4) is 11.5 Å². The summed E-state index contributed by atoms with van der Waals surface area (Å²) in [7, 11) is 3.16. The van der Waals surface area contributed by atoms with E-state index < -0.39 is 0 Å². The van der Waals surface area contributed by atoms with Crippen LogP contribution in [0.25, 0.3) is 0 Å². The zero-order valence-electron chi connectivity index (χ0n) is 13.3. The molecule has 0 radical (unpaired) electrons. The second-order valence-electron chi connectivity index (χ2n) is 5.92. The molecule has 4 heteroatoms. The van der Waals surface area contributed by atoms with E-state index in [1.807, 2.05) is 0 Å². The average Bonchev–Trinajstić information content (AvgIpc) is 2.51. The molecule has 0 saturated heterocycles. The molecule has 3 atom stereocenters. The topological polar surface area (TPSA) is 47.6 Å². The normalized spacial score (nSPS) is 25.2. The highest BCUT2D eigenvalue weighted by Gasteiger charge is 2.28. The van der Waals surface area contributed by atoms with Crippen molar-refractivity contribution in [3.63, 3.8) is 0 Å². The Kier molecular flexibility index (Phi) is 5.10. The van der Waals surface area contributed by atoms with Gasteiger partial charge in [0.1, 0.15) is 0 Å². The van der Waals surface area contributed by atoms with Gasteiger partial charge in [-0.3, -0.25) is 4.79 Å².